The monoisotopic (exact) mass is 430 g/mol. The zero-order valence-corrected chi connectivity index (χ0v) is 17.6. The van der Waals surface area contributed by atoms with Gasteiger partial charge in [0.1, 0.15) is 5.75 Å². The Bertz CT molecular complexity index is 1310. The SMILES string of the molecule is CCS(=O)(=O)N1C[C@@H](C(=O)Nc2ccc3c(c2)n(C)c(=O)n3C)Oc2ccccc21. The van der Waals surface area contributed by atoms with Gasteiger partial charge in [-0.15, -0.1) is 0 Å². The fourth-order valence-electron chi connectivity index (χ4n) is 3.57. The molecule has 2 heterocycles. The fourth-order valence-corrected chi connectivity index (χ4v) is 4.69. The number of benzene rings is 2. The molecule has 0 aliphatic carbocycles. The van der Waals surface area contributed by atoms with Crippen LogP contribution in [0.3, 0.4) is 0 Å². The Morgan fingerprint density at radius 3 is 2.57 bits per heavy atom. The number of ether oxygens (including phenoxy) is 1. The molecule has 1 aliphatic heterocycles. The number of hydrogen-bond acceptors (Lipinski definition) is 5. The zero-order valence-electron chi connectivity index (χ0n) is 16.8. The number of carbonyl (C=O) groups is 1. The molecule has 1 atom stereocenters. The van der Waals surface area contributed by atoms with Crippen molar-refractivity contribution in [2.45, 2.75) is 13.0 Å². The van der Waals surface area contributed by atoms with E-state index >= 15 is 0 Å². The molecular weight excluding hydrogens is 408 g/mol. The normalized spacial score (nSPS) is 16.2. The molecule has 0 radical (unpaired) electrons. The Balaban J connectivity index is 1.63. The summed E-state index contributed by atoms with van der Waals surface area (Å²) in [6.07, 6.45) is -1.02. The number of para-hydroxylation sites is 2. The molecule has 1 amide bonds. The van der Waals surface area contributed by atoms with Gasteiger partial charge in [-0.05, 0) is 37.3 Å². The summed E-state index contributed by atoms with van der Waals surface area (Å²) in [4.78, 5) is 25.0. The number of amides is 1. The minimum atomic E-state index is -3.58. The molecule has 0 saturated carbocycles. The maximum Gasteiger partial charge on any atom is 0.328 e. The van der Waals surface area contributed by atoms with E-state index in [4.69, 9.17) is 4.74 Å². The summed E-state index contributed by atoms with van der Waals surface area (Å²) in [6, 6.07) is 11.9. The molecule has 30 heavy (non-hydrogen) atoms. The molecule has 9 nitrogen and oxygen atoms in total. The first-order valence-corrected chi connectivity index (χ1v) is 11.1. The highest BCUT2D eigenvalue weighted by molar-refractivity contribution is 7.92. The van der Waals surface area contributed by atoms with E-state index in [0.29, 0.717) is 22.6 Å². The van der Waals surface area contributed by atoms with E-state index in [-0.39, 0.29) is 18.0 Å². The first-order valence-electron chi connectivity index (χ1n) is 9.45. The van der Waals surface area contributed by atoms with Gasteiger partial charge in [-0.25, -0.2) is 13.2 Å². The molecule has 4 rings (SSSR count). The van der Waals surface area contributed by atoms with Crippen molar-refractivity contribution in [3.8, 4) is 5.75 Å². The average molecular weight is 430 g/mol. The standard InChI is InChI=1S/C20H22N4O5S/c1-4-30(27,28)24-12-18(29-17-8-6-5-7-15(17)24)19(25)21-13-9-10-14-16(11-13)23(3)20(26)22(14)2/h5-11,18H,4,12H2,1-3H3,(H,21,25)/t18-/m0/s1. The quantitative estimate of drug-likeness (QED) is 0.675. The Hall–Kier alpha value is -3.27. The molecule has 0 fully saturated rings. The van der Waals surface area contributed by atoms with E-state index in [9.17, 15) is 18.0 Å². The van der Waals surface area contributed by atoms with Crippen LogP contribution in [0.2, 0.25) is 0 Å². The van der Waals surface area contributed by atoms with Gasteiger partial charge in [-0.2, -0.15) is 0 Å². The number of rotatable bonds is 4. The number of aromatic nitrogens is 2. The minimum absolute atomic E-state index is 0.0889. The van der Waals surface area contributed by atoms with Gasteiger partial charge < -0.3 is 10.1 Å². The Kier molecular flexibility index (Phi) is 4.81. The molecule has 0 spiro atoms. The van der Waals surface area contributed by atoms with Gasteiger partial charge in [-0.1, -0.05) is 12.1 Å². The fraction of sp³-hybridized carbons (Fsp3) is 0.300. The van der Waals surface area contributed by atoms with Gasteiger partial charge in [0, 0.05) is 19.8 Å². The number of nitrogens with one attached hydrogen (secondary N) is 1. The van der Waals surface area contributed by atoms with Crippen molar-refractivity contribution >= 4 is 38.3 Å². The van der Waals surface area contributed by atoms with Gasteiger partial charge in [0.15, 0.2) is 6.10 Å². The van der Waals surface area contributed by atoms with Crippen LogP contribution in [0, 0.1) is 0 Å². The van der Waals surface area contributed by atoms with Crippen molar-refractivity contribution in [1.29, 1.82) is 0 Å². The summed E-state index contributed by atoms with van der Waals surface area (Å²) in [5, 5.41) is 2.77. The molecule has 3 aromatic rings. The Morgan fingerprint density at radius 1 is 1.13 bits per heavy atom. The number of sulfonamides is 1. The summed E-state index contributed by atoms with van der Waals surface area (Å²) in [5.41, 5.74) is 2.15. The van der Waals surface area contributed by atoms with Crippen LogP contribution in [0.25, 0.3) is 11.0 Å². The van der Waals surface area contributed by atoms with E-state index in [1.54, 1.807) is 63.5 Å². The summed E-state index contributed by atoms with van der Waals surface area (Å²) in [5.74, 6) is -0.225. The van der Waals surface area contributed by atoms with Crippen molar-refractivity contribution in [1.82, 2.24) is 9.13 Å². The van der Waals surface area contributed by atoms with Gasteiger partial charge in [-0.3, -0.25) is 18.2 Å². The lowest BCUT2D eigenvalue weighted by atomic mass is 10.2. The van der Waals surface area contributed by atoms with Crippen molar-refractivity contribution in [3.63, 3.8) is 0 Å². The van der Waals surface area contributed by atoms with Crippen LogP contribution in [0.1, 0.15) is 6.92 Å². The maximum absolute atomic E-state index is 12.9. The Labute approximate surface area is 173 Å². The van der Waals surface area contributed by atoms with E-state index < -0.39 is 22.0 Å². The third kappa shape index (κ3) is 3.22. The molecule has 2 aromatic carbocycles. The van der Waals surface area contributed by atoms with Gasteiger partial charge in [0.2, 0.25) is 10.0 Å². The molecule has 1 aliphatic rings. The maximum atomic E-state index is 12.9. The third-order valence-corrected chi connectivity index (χ3v) is 7.01. The topological polar surface area (TPSA) is 103 Å². The van der Waals surface area contributed by atoms with Gasteiger partial charge >= 0.3 is 5.69 Å². The number of fused-ring (bicyclic) bond motifs is 2. The van der Waals surface area contributed by atoms with Crippen molar-refractivity contribution < 1.29 is 17.9 Å². The lowest BCUT2D eigenvalue weighted by molar-refractivity contribution is -0.122. The number of hydrogen-bond donors (Lipinski definition) is 1. The highest BCUT2D eigenvalue weighted by Crippen LogP contribution is 2.35. The molecular formula is C20H22N4O5S. The second kappa shape index (κ2) is 7.21. The number of carbonyl (C=O) groups excluding carboxylic acids is 1. The lowest BCUT2D eigenvalue weighted by Gasteiger charge is -2.34. The van der Waals surface area contributed by atoms with Crippen LogP contribution in [0.4, 0.5) is 11.4 Å². The molecule has 0 bridgehead atoms. The van der Waals surface area contributed by atoms with E-state index in [1.165, 1.54) is 13.4 Å². The molecule has 0 unspecified atom stereocenters. The average Bonchev–Trinajstić information content (AvgIpc) is 2.96. The first kappa shape index (κ1) is 20.0. The minimum Gasteiger partial charge on any atom is -0.476 e. The van der Waals surface area contributed by atoms with Gasteiger partial charge in [0.05, 0.1) is 29.0 Å². The summed E-state index contributed by atoms with van der Waals surface area (Å²) in [6.45, 7) is 1.44. The third-order valence-electron chi connectivity index (χ3n) is 5.27. The van der Waals surface area contributed by atoms with E-state index in [0.717, 1.165) is 5.52 Å². The second-order valence-electron chi connectivity index (χ2n) is 7.10. The van der Waals surface area contributed by atoms with Crippen LogP contribution in [-0.2, 0) is 28.9 Å². The highest BCUT2D eigenvalue weighted by atomic mass is 32.2. The number of anilines is 2. The molecule has 0 saturated heterocycles. The zero-order chi connectivity index (χ0) is 21.6. The lowest BCUT2D eigenvalue weighted by Crippen LogP contribution is -2.49. The predicted octanol–water partition coefficient (Wildman–Crippen LogP) is 1.43. The molecule has 1 N–H and O–H groups in total. The van der Waals surface area contributed by atoms with E-state index in [1.807, 2.05) is 0 Å². The molecule has 10 heteroatoms. The largest absolute Gasteiger partial charge is 0.476 e. The molecule has 1 aromatic heterocycles. The van der Waals surface area contributed by atoms with Crippen LogP contribution in [-0.4, -0.2) is 41.9 Å². The Morgan fingerprint density at radius 2 is 1.83 bits per heavy atom. The summed E-state index contributed by atoms with van der Waals surface area (Å²) in [7, 11) is -0.241. The summed E-state index contributed by atoms with van der Waals surface area (Å²) < 4.78 is 35.2. The predicted molar refractivity (Wildman–Crippen MR) is 114 cm³/mol. The smallest absolute Gasteiger partial charge is 0.328 e. The number of aryl methyl sites for hydroxylation is 2. The number of nitrogens with zero attached hydrogens (tertiary/aromatic N) is 3. The second-order valence-corrected chi connectivity index (χ2v) is 9.28. The van der Waals surface area contributed by atoms with Crippen LogP contribution in [0.15, 0.2) is 47.3 Å². The molecule has 158 valence electrons. The van der Waals surface area contributed by atoms with Crippen molar-refractivity contribution in [2.75, 3.05) is 21.9 Å². The van der Waals surface area contributed by atoms with Crippen molar-refractivity contribution in [2.24, 2.45) is 14.1 Å². The highest BCUT2D eigenvalue weighted by Gasteiger charge is 2.36. The van der Waals surface area contributed by atoms with Gasteiger partial charge in [0.25, 0.3) is 5.91 Å². The van der Waals surface area contributed by atoms with Crippen molar-refractivity contribution in [3.05, 3.63) is 52.9 Å². The van der Waals surface area contributed by atoms with Crippen LogP contribution < -0.4 is 20.0 Å². The van der Waals surface area contributed by atoms with Crippen LogP contribution >= 0.6 is 0 Å². The number of imidazole rings is 1. The van der Waals surface area contributed by atoms with E-state index in [2.05, 4.69) is 5.32 Å². The first-order chi connectivity index (χ1) is 14.2. The van der Waals surface area contributed by atoms with Crippen LogP contribution in [0.5, 0.6) is 5.75 Å². The summed E-state index contributed by atoms with van der Waals surface area (Å²) >= 11 is 0.